The van der Waals surface area contributed by atoms with Gasteiger partial charge in [-0.05, 0) is 37.0 Å². The minimum Gasteiger partial charge on any atom is -0.454 e. The number of hydrogen-bond donors (Lipinski definition) is 1. The molecule has 4 nitrogen and oxygen atoms in total. The van der Waals surface area contributed by atoms with E-state index >= 15 is 0 Å². The molecule has 0 amide bonds. The second kappa shape index (κ2) is 5.18. The molecule has 4 rings (SSSR count). The minimum atomic E-state index is -0.385. The molecule has 2 heterocycles. The third-order valence-corrected chi connectivity index (χ3v) is 5.35. The predicted octanol–water partition coefficient (Wildman–Crippen LogP) is 2.54. The summed E-state index contributed by atoms with van der Waals surface area (Å²) in [6.45, 7) is 3.27. The van der Waals surface area contributed by atoms with Crippen LogP contribution in [0.1, 0.15) is 37.7 Å². The fourth-order valence-electron chi connectivity index (χ4n) is 4.08. The molecule has 114 valence electrons. The van der Waals surface area contributed by atoms with Gasteiger partial charge in [-0.1, -0.05) is 18.9 Å². The van der Waals surface area contributed by atoms with E-state index in [4.69, 9.17) is 9.47 Å². The van der Waals surface area contributed by atoms with E-state index < -0.39 is 0 Å². The van der Waals surface area contributed by atoms with Crippen LogP contribution in [0.4, 0.5) is 0 Å². The van der Waals surface area contributed by atoms with Crippen molar-refractivity contribution >= 4 is 0 Å². The van der Waals surface area contributed by atoms with Gasteiger partial charge in [-0.25, -0.2) is 0 Å². The highest BCUT2D eigenvalue weighted by Crippen LogP contribution is 2.40. The minimum absolute atomic E-state index is 0.331. The zero-order valence-corrected chi connectivity index (χ0v) is 12.4. The number of piperidine rings is 1. The molecule has 0 spiro atoms. The summed E-state index contributed by atoms with van der Waals surface area (Å²) in [7, 11) is 0. The molecule has 2 fully saturated rings. The first kappa shape index (κ1) is 13.4. The van der Waals surface area contributed by atoms with Gasteiger partial charge in [0.1, 0.15) is 0 Å². The molecule has 0 aromatic heterocycles. The van der Waals surface area contributed by atoms with Crippen molar-refractivity contribution in [3.05, 3.63) is 23.8 Å². The van der Waals surface area contributed by atoms with Crippen molar-refractivity contribution in [2.75, 3.05) is 19.9 Å². The van der Waals surface area contributed by atoms with E-state index in [0.717, 1.165) is 44.0 Å². The van der Waals surface area contributed by atoms with Crippen LogP contribution in [0.5, 0.6) is 11.5 Å². The average molecular weight is 289 g/mol. The summed E-state index contributed by atoms with van der Waals surface area (Å²) < 4.78 is 10.8. The second-order valence-corrected chi connectivity index (χ2v) is 6.72. The highest BCUT2D eigenvalue weighted by Gasteiger charge is 2.42. The van der Waals surface area contributed by atoms with Crippen molar-refractivity contribution in [2.45, 2.75) is 44.2 Å². The van der Waals surface area contributed by atoms with Gasteiger partial charge in [0.05, 0.1) is 5.60 Å². The van der Waals surface area contributed by atoms with Gasteiger partial charge < -0.3 is 14.6 Å². The smallest absolute Gasteiger partial charge is 0.231 e. The molecule has 4 heteroatoms. The number of nitrogens with zero attached hydrogens (tertiary/aromatic N) is 1. The molecule has 1 saturated carbocycles. The lowest BCUT2D eigenvalue weighted by atomic mass is 9.71. The summed E-state index contributed by atoms with van der Waals surface area (Å²) >= 11 is 0. The molecule has 1 aliphatic carbocycles. The van der Waals surface area contributed by atoms with Gasteiger partial charge in [-0.2, -0.15) is 0 Å². The van der Waals surface area contributed by atoms with Crippen LogP contribution in [-0.2, 0) is 6.54 Å². The monoisotopic (exact) mass is 289 g/mol. The van der Waals surface area contributed by atoms with Gasteiger partial charge in [0.15, 0.2) is 11.5 Å². The van der Waals surface area contributed by atoms with E-state index in [1.165, 1.54) is 24.8 Å². The molecule has 0 bridgehead atoms. The molecule has 1 aromatic rings. The third kappa shape index (κ3) is 2.51. The van der Waals surface area contributed by atoms with Crippen LogP contribution >= 0.6 is 0 Å². The van der Waals surface area contributed by atoms with Gasteiger partial charge in [-0.3, -0.25) is 4.90 Å². The van der Waals surface area contributed by atoms with Crippen LogP contribution in [0, 0.1) is 5.92 Å². The van der Waals surface area contributed by atoms with Crippen LogP contribution in [0.15, 0.2) is 18.2 Å². The van der Waals surface area contributed by atoms with Gasteiger partial charge in [0, 0.05) is 25.6 Å². The molecule has 1 aromatic carbocycles. The average Bonchev–Trinajstić information content (AvgIpc) is 2.95. The standard InChI is InChI=1S/C17H23NO3/c19-17-6-2-1-3-14(17)11-18(8-7-17)10-13-4-5-15-16(9-13)21-12-20-15/h4-5,9,14,19H,1-3,6-8,10-12H2. The number of fused-ring (bicyclic) bond motifs is 2. The Morgan fingerprint density at radius 1 is 1.19 bits per heavy atom. The summed E-state index contributed by atoms with van der Waals surface area (Å²) in [6.07, 6.45) is 5.55. The van der Waals surface area contributed by atoms with E-state index in [1.54, 1.807) is 0 Å². The number of hydrogen-bond acceptors (Lipinski definition) is 4. The van der Waals surface area contributed by atoms with Crippen LogP contribution in [0.25, 0.3) is 0 Å². The normalized spacial score (nSPS) is 32.0. The summed E-state index contributed by atoms with van der Waals surface area (Å²) in [5, 5.41) is 10.7. The van der Waals surface area contributed by atoms with Crippen molar-refractivity contribution in [3.8, 4) is 11.5 Å². The third-order valence-electron chi connectivity index (χ3n) is 5.35. The Morgan fingerprint density at radius 3 is 3.05 bits per heavy atom. The zero-order valence-electron chi connectivity index (χ0n) is 12.4. The topological polar surface area (TPSA) is 41.9 Å². The first-order chi connectivity index (χ1) is 10.2. The van der Waals surface area contributed by atoms with Gasteiger partial charge in [0.25, 0.3) is 0 Å². The van der Waals surface area contributed by atoms with E-state index in [9.17, 15) is 5.11 Å². The highest BCUT2D eigenvalue weighted by atomic mass is 16.7. The van der Waals surface area contributed by atoms with Gasteiger partial charge in [0.2, 0.25) is 6.79 Å². The largest absolute Gasteiger partial charge is 0.454 e. The predicted molar refractivity (Wildman–Crippen MR) is 79.4 cm³/mol. The van der Waals surface area contributed by atoms with E-state index in [2.05, 4.69) is 17.0 Å². The highest BCUT2D eigenvalue weighted by molar-refractivity contribution is 5.44. The lowest BCUT2D eigenvalue weighted by molar-refractivity contribution is -0.0967. The number of benzene rings is 1. The summed E-state index contributed by atoms with van der Waals surface area (Å²) in [5.41, 5.74) is 0.879. The van der Waals surface area contributed by atoms with Crippen molar-refractivity contribution in [2.24, 2.45) is 5.92 Å². The molecule has 2 aliphatic heterocycles. The van der Waals surface area contributed by atoms with E-state index in [-0.39, 0.29) is 5.60 Å². The number of aliphatic hydroxyl groups is 1. The van der Waals surface area contributed by atoms with Crippen LogP contribution in [-0.4, -0.2) is 35.5 Å². The molecule has 2 unspecified atom stereocenters. The molecular weight excluding hydrogens is 266 g/mol. The van der Waals surface area contributed by atoms with Crippen LogP contribution in [0.3, 0.4) is 0 Å². The second-order valence-electron chi connectivity index (χ2n) is 6.72. The van der Waals surface area contributed by atoms with E-state index in [1.807, 2.05) is 6.07 Å². The molecular formula is C17H23NO3. The molecule has 21 heavy (non-hydrogen) atoms. The van der Waals surface area contributed by atoms with Crippen molar-refractivity contribution in [1.82, 2.24) is 4.90 Å². The van der Waals surface area contributed by atoms with Gasteiger partial charge in [-0.15, -0.1) is 0 Å². The Bertz CT molecular complexity index is 533. The number of likely N-dealkylation sites (tertiary alicyclic amines) is 1. The van der Waals surface area contributed by atoms with Crippen LogP contribution in [0.2, 0.25) is 0 Å². The van der Waals surface area contributed by atoms with Gasteiger partial charge >= 0.3 is 0 Å². The summed E-state index contributed by atoms with van der Waals surface area (Å²) in [5.74, 6) is 2.16. The summed E-state index contributed by atoms with van der Waals surface area (Å²) in [4.78, 5) is 2.47. The maximum absolute atomic E-state index is 10.7. The van der Waals surface area contributed by atoms with Crippen molar-refractivity contribution in [3.63, 3.8) is 0 Å². The Morgan fingerprint density at radius 2 is 2.10 bits per heavy atom. The zero-order chi connectivity index (χ0) is 14.3. The Hall–Kier alpha value is -1.26. The Kier molecular flexibility index (Phi) is 3.31. The first-order valence-electron chi connectivity index (χ1n) is 8.06. The Labute approximate surface area is 125 Å². The van der Waals surface area contributed by atoms with Crippen LogP contribution < -0.4 is 9.47 Å². The fourth-order valence-corrected chi connectivity index (χ4v) is 4.08. The lowest BCUT2D eigenvalue weighted by Crippen LogP contribution is -2.52. The lowest BCUT2D eigenvalue weighted by Gasteiger charge is -2.47. The summed E-state index contributed by atoms with van der Waals surface area (Å²) in [6, 6.07) is 6.21. The number of rotatable bonds is 2. The SMILES string of the molecule is OC12CCCCC1CN(Cc1ccc3c(c1)OCO3)CC2. The maximum Gasteiger partial charge on any atom is 0.231 e. The first-order valence-corrected chi connectivity index (χ1v) is 8.06. The van der Waals surface area contributed by atoms with E-state index in [0.29, 0.717) is 12.7 Å². The molecule has 0 radical (unpaired) electrons. The molecule has 3 aliphatic rings. The quantitative estimate of drug-likeness (QED) is 0.908. The Balaban J connectivity index is 1.44. The van der Waals surface area contributed by atoms with Crippen molar-refractivity contribution in [1.29, 1.82) is 0 Å². The molecule has 1 saturated heterocycles. The maximum atomic E-state index is 10.7. The fraction of sp³-hybridized carbons (Fsp3) is 0.647. The molecule has 1 N–H and O–H groups in total. The number of ether oxygens (including phenoxy) is 2. The van der Waals surface area contributed by atoms with Crippen molar-refractivity contribution < 1.29 is 14.6 Å². The molecule has 2 atom stereocenters.